The molecule has 114 valence electrons. The first kappa shape index (κ1) is 15.6. The maximum atomic E-state index is 12.1. The molecule has 0 aliphatic heterocycles. The van der Waals surface area contributed by atoms with Crippen molar-refractivity contribution in [1.29, 1.82) is 0 Å². The van der Waals surface area contributed by atoms with Crippen molar-refractivity contribution < 1.29 is 22.1 Å². The molecule has 6 heteroatoms. The molecule has 0 N–H and O–H groups in total. The number of carbonyl (C=O) groups is 1. The summed E-state index contributed by atoms with van der Waals surface area (Å²) in [5.74, 6) is -0.572. The van der Waals surface area contributed by atoms with Crippen molar-refractivity contribution in [3.05, 3.63) is 47.2 Å². The average molecular weight is 310 g/mol. The number of methoxy groups -OCH3 is 1. The van der Waals surface area contributed by atoms with E-state index in [1.807, 2.05) is 6.07 Å². The van der Waals surface area contributed by atoms with E-state index in [9.17, 15) is 13.2 Å². The van der Waals surface area contributed by atoms with E-state index in [0.29, 0.717) is 5.56 Å². The lowest BCUT2D eigenvalue weighted by atomic mass is 10.2. The molecule has 5 nitrogen and oxygen atoms in total. The van der Waals surface area contributed by atoms with Crippen LogP contribution in [0.5, 0.6) is 0 Å². The Morgan fingerprint density at radius 3 is 2.38 bits per heavy atom. The third kappa shape index (κ3) is 4.32. The van der Waals surface area contributed by atoms with Crippen LogP contribution in [-0.4, -0.2) is 21.5 Å². The van der Waals surface area contributed by atoms with Crippen molar-refractivity contribution in [3.8, 4) is 0 Å². The first-order valence-electron chi connectivity index (χ1n) is 6.68. The van der Waals surface area contributed by atoms with Gasteiger partial charge >= 0.3 is 16.1 Å². The normalized spacial score (nSPS) is 16.1. The summed E-state index contributed by atoms with van der Waals surface area (Å²) in [4.78, 5) is 11.6. The van der Waals surface area contributed by atoms with Crippen molar-refractivity contribution in [3.63, 3.8) is 0 Å². The van der Waals surface area contributed by atoms with Gasteiger partial charge in [-0.15, -0.1) is 0 Å². The van der Waals surface area contributed by atoms with E-state index in [-0.39, 0.29) is 23.0 Å². The minimum Gasteiger partial charge on any atom is -0.466 e. The van der Waals surface area contributed by atoms with E-state index >= 15 is 0 Å². The molecule has 0 aromatic heterocycles. The summed E-state index contributed by atoms with van der Waals surface area (Å²) < 4.78 is 34.1. The predicted molar refractivity (Wildman–Crippen MR) is 77.6 cm³/mol. The Kier molecular flexibility index (Phi) is 4.67. The number of hydrogen-bond acceptors (Lipinski definition) is 5. The molecule has 0 atom stereocenters. The molecule has 0 heterocycles. The highest BCUT2D eigenvalue weighted by Crippen LogP contribution is 2.39. The molecular formula is C15H18O5S. The molecule has 1 saturated carbocycles. The predicted octanol–water partition coefficient (Wildman–Crippen LogP) is 2.39. The fourth-order valence-corrected chi connectivity index (χ4v) is 3.17. The summed E-state index contributed by atoms with van der Waals surface area (Å²) in [6.07, 6.45) is 1.65. The number of rotatable bonds is 6. The van der Waals surface area contributed by atoms with Crippen LogP contribution in [0.2, 0.25) is 0 Å². The number of esters is 1. The monoisotopic (exact) mass is 310 g/mol. The largest absolute Gasteiger partial charge is 0.466 e. The van der Waals surface area contributed by atoms with Gasteiger partial charge in [0.05, 0.1) is 12.7 Å². The number of hydrogen-bond donors (Lipinski definition) is 0. The summed E-state index contributed by atoms with van der Waals surface area (Å²) in [5.41, 5.74) is 0.861. The minimum atomic E-state index is -3.79. The minimum absolute atomic E-state index is 0.00496. The lowest BCUT2D eigenvalue weighted by Gasteiger charge is -2.12. The second-order valence-electron chi connectivity index (χ2n) is 5.03. The summed E-state index contributed by atoms with van der Waals surface area (Å²) in [6.45, 7) is 1.53. The Morgan fingerprint density at radius 1 is 1.24 bits per heavy atom. The molecule has 1 aromatic rings. The van der Waals surface area contributed by atoms with Crippen LogP contribution in [0.4, 0.5) is 0 Å². The summed E-state index contributed by atoms with van der Waals surface area (Å²) >= 11 is 0. The third-order valence-electron chi connectivity index (χ3n) is 3.21. The van der Waals surface area contributed by atoms with Crippen LogP contribution in [0.1, 0.15) is 25.3 Å². The molecule has 1 fully saturated rings. The fourth-order valence-electron chi connectivity index (χ4n) is 1.98. The SMILES string of the molecule is COC(=O)/C(C)=C(\OS(=O)(=O)Cc1ccccc1)C1CC1. The maximum absolute atomic E-state index is 12.1. The molecule has 1 aliphatic carbocycles. The molecule has 2 rings (SSSR count). The Bertz CT molecular complexity index is 642. The Balaban J connectivity index is 2.19. The zero-order valence-electron chi connectivity index (χ0n) is 12.0. The molecule has 21 heavy (non-hydrogen) atoms. The van der Waals surface area contributed by atoms with Crippen LogP contribution in [0.15, 0.2) is 41.7 Å². The van der Waals surface area contributed by atoms with Gasteiger partial charge in [-0.1, -0.05) is 30.3 Å². The number of benzene rings is 1. The van der Waals surface area contributed by atoms with Gasteiger partial charge in [0.2, 0.25) is 0 Å². The van der Waals surface area contributed by atoms with E-state index in [1.165, 1.54) is 14.0 Å². The van der Waals surface area contributed by atoms with Gasteiger partial charge in [0.25, 0.3) is 0 Å². The van der Waals surface area contributed by atoms with Gasteiger partial charge in [-0.3, -0.25) is 0 Å². The van der Waals surface area contributed by atoms with Crippen molar-refractivity contribution in [2.75, 3.05) is 7.11 Å². The van der Waals surface area contributed by atoms with Crippen molar-refractivity contribution in [2.24, 2.45) is 5.92 Å². The van der Waals surface area contributed by atoms with Gasteiger partial charge in [-0.25, -0.2) is 4.79 Å². The average Bonchev–Trinajstić information content (AvgIpc) is 3.28. The van der Waals surface area contributed by atoms with Gasteiger partial charge in [0, 0.05) is 5.92 Å². The van der Waals surface area contributed by atoms with Gasteiger partial charge in [-0.2, -0.15) is 8.42 Å². The van der Waals surface area contributed by atoms with E-state index in [4.69, 9.17) is 4.18 Å². The van der Waals surface area contributed by atoms with Crippen LogP contribution in [0.3, 0.4) is 0 Å². The zero-order valence-corrected chi connectivity index (χ0v) is 12.9. The van der Waals surface area contributed by atoms with Crippen LogP contribution < -0.4 is 0 Å². The van der Waals surface area contributed by atoms with E-state index < -0.39 is 16.1 Å². The first-order chi connectivity index (χ1) is 9.93. The molecule has 0 unspecified atom stereocenters. The van der Waals surface area contributed by atoms with E-state index in [1.54, 1.807) is 24.3 Å². The fraction of sp³-hybridized carbons (Fsp3) is 0.400. The van der Waals surface area contributed by atoms with Gasteiger partial charge in [0.1, 0.15) is 11.5 Å². The number of allylic oxidation sites excluding steroid dienone is 1. The first-order valence-corrected chi connectivity index (χ1v) is 8.26. The Labute approximate surface area is 124 Å². The van der Waals surface area contributed by atoms with E-state index in [0.717, 1.165) is 12.8 Å². The van der Waals surface area contributed by atoms with Crippen LogP contribution in [0, 0.1) is 5.92 Å². The summed E-state index contributed by atoms with van der Waals surface area (Å²) in [6, 6.07) is 8.78. The highest BCUT2D eigenvalue weighted by Gasteiger charge is 2.34. The van der Waals surface area contributed by atoms with Crippen LogP contribution >= 0.6 is 0 Å². The second-order valence-corrected chi connectivity index (χ2v) is 6.60. The summed E-state index contributed by atoms with van der Waals surface area (Å²) in [5, 5.41) is 0. The number of carbonyl (C=O) groups excluding carboxylic acids is 1. The van der Waals surface area contributed by atoms with Gasteiger partial charge < -0.3 is 8.92 Å². The molecular weight excluding hydrogens is 292 g/mol. The second kappa shape index (κ2) is 6.30. The van der Waals surface area contributed by atoms with Crippen LogP contribution in [0.25, 0.3) is 0 Å². The standard InChI is InChI=1S/C15H18O5S/c1-11(15(16)19-2)14(13-8-9-13)20-21(17,18)10-12-6-4-3-5-7-12/h3-7,13H,8-10H2,1-2H3/b14-11-. The van der Waals surface area contributed by atoms with Crippen molar-refractivity contribution in [1.82, 2.24) is 0 Å². The van der Waals surface area contributed by atoms with Crippen LogP contribution in [-0.2, 0) is 29.6 Å². The third-order valence-corrected chi connectivity index (χ3v) is 4.33. The highest BCUT2D eigenvalue weighted by atomic mass is 32.2. The number of ether oxygens (including phenoxy) is 1. The zero-order chi connectivity index (χ0) is 15.5. The molecule has 1 aromatic carbocycles. The molecule has 0 spiro atoms. The van der Waals surface area contributed by atoms with Gasteiger partial charge in [0.15, 0.2) is 0 Å². The Hall–Kier alpha value is -1.82. The van der Waals surface area contributed by atoms with Crippen molar-refractivity contribution in [2.45, 2.75) is 25.5 Å². The lowest BCUT2D eigenvalue weighted by Crippen LogP contribution is -2.14. The Morgan fingerprint density at radius 2 is 1.86 bits per heavy atom. The topological polar surface area (TPSA) is 69.7 Å². The molecule has 0 saturated heterocycles. The molecule has 0 bridgehead atoms. The smallest absolute Gasteiger partial charge is 0.336 e. The van der Waals surface area contributed by atoms with Gasteiger partial charge in [-0.05, 0) is 25.3 Å². The molecule has 0 radical (unpaired) electrons. The molecule has 1 aliphatic rings. The highest BCUT2D eigenvalue weighted by molar-refractivity contribution is 7.86. The van der Waals surface area contributed by atoms with E-state index in [2.05, 4.69) is 4.74 Å². The molecule has 0 amide bonds. The lowest BCUT2D eigenvalue weighted by molar-refractivity contribution is -0.136. The maximum Gasteiger partial charge on any atom is 0.336 e. The summed E-state index contributed by atoms with van der Waals surface area (Å²) in [7, 11) is -2.53. The van der Waals surface area contributed by atoms with Crippen molar-refractivity contribution >= 4 is 16.1 Å². The quantitative estimate of drug-likeness (QED) is 0.349.